The predicted octanol–water partition coefficient (Wildman–Crippen LogP) is 1.21. The van der Waals surface area contributed by atoms with Crippen molar-refractivity contribution in [1.29, 1.82) is 0 Å². The minimum Gasteiger partial charge on any atom is -0.497 e. The molecule has 4 nitrogen and oxygen atoms in total. The van der Waals surface area contributed by atoms with E-state index in [9.17, 15) is 4.79 Å². The number of carbonyl (C=O) groups excluding carboxylic acids is 1. The van der Waals surface area contributed by atoms with Crippen molar-refractivity contribution in [1.82, 2.24) is 4.90 Å². The number of ether oxygens (including phenoxy) is 1. The molecule has 0 saturated carbocycles. The number of urea groups is 1. The molecule has 0 bridgehead atoms. The fraction of sp³-hybridized carbons (Fsp3) is 0.300. The Hall–Kier alpha value is -1.71. The summed E-state index contributed by atoms with van der Waals surface area (Å²) in [4.78, 5) is 12.2. The van der Waals surface area contributed by atoms with Crippen LogP contribution in [0.25, 0.3) is 0 Å². The van der Waals surface area contributed by atoms with E-state index in [1.807, 2.05) is 24.3 Å². The van der Waals surface area contributed by atoms with Crippen molar-refractivity contribution in [3.05, 3.63) is 29.8 Å². The maximum atomic E-state index is 10.8. The van der Waals surface area contributed by atoms with E-state index in [1.165, 1.54) is 4.90 Å². The zero-order valence-electron chi connectivity index (χ0n) is 8.36. The number of nitrogens with two attached hydrogens (primary N) is 1. The highest BCUT2D eigenvalue weighted by molar-refractivity contribution is 5.71. The molecule has 2 amide bonds. The first-order valence-corrected chi connectivity index (χ1v) is 4.27. The van der Waals surface area contributed by atoms with Gasteiger partial charge >= 0.3 is 6.03 Å². The van der Waals surface area contributed by atoms with Crippen LogP contribution < -0.4 is 10.5 Å². The number of primary amides is 1. The number of benzene rings is 1. The second-order valence-electron chi connectivity index (χ2n) is 3.04. The molecule has 76 valence electrons. The summed E-state index contributed by atoms with van der Waals surface area (Å²) in [6, 6.07) is 7.08. The molecule has 14 heavy (non-hydrogen) atoms. The molecule has 0 atom stereocenters. The molecular formula is C10H14N2O2. The van der Waals surface area contributed by atoms with Crippen LogP contribution in [-0.4, -0.2) is 25.1 Å². The Kier molecular flexibility index (Phi) is 3.34. The standard InChI is InChI=1S/C10H14N2O2/c1-12(10(11)13)7-8-3-5-9(14-2)6-4-8/h3-6H,7H2,1-2H3,(H2,11,13). The molecule has 0 aliphatic carbocycles. The third kappa shape index (κ3) is 2.65. The molecule has 1 aromatic carbocycles. The molecule has 0 aliphatic rings. The fourth-order valence-electron chi connectivity index (χ4n) is 1.08. The molecule has 0 unspecified atom stereocenters. The molecule has 4 heteroatoms. The molecule has 0 heterocycles. The normalized spacial score (nSPS) is 9.57. The Morgan fingerprint density at radius 2 is 2.00 bits per heavy atom. The van der Waals surface area contributed by atoms with E-state index in [0.29, 0.717) is 6.54 Å². The molecule has 0 spiro atoms. The zero-order valence-corrected chi connectivity index (χ0v) is 8.36. The maximum absolute atomic E-state index is 10.8. The van der Waals surface area contributed by atoms with Gasteiger partial charge in [0.05, 0.1) is 7.11 Å². The van der Waals surface area contributed by atoms with Crippen LogP contribution in [0.1, 0.15) is 5.56 Å². The van der Waals surface area contributed by atoms with Crippen molar-refractivity contribution in [3.8, 4) is 5.75 Å². The molecule has 0 radical (unpaired) electrons. The van der Waals surface area contributed by atoms with E-state index >= 15 is 0 Å². The van der Waals surface area contributed by atoms with E-state index < -0.39 is 6.03 Å². The molecule has 2 N–H and O–H groups in total. The highest BCUT2D eigenvalue weighted by Crippen LogP contribution is 2.12. The van der Waals surface area contributed by atoms with Gasteiger partial charge in [-0.15, -0.1) is 0 Å². The number of rotatable bonds is 3. The number of carbonyl (C=O) groups is 1. The second kappa shape index (κ2) is 4.50. The van der Waals surface area contributed by atoms with Crippen LogP contribution in [-0.2, 0) is 6.54 Å². The lowest BCUT2D eigenvalue weighted by Crippen LogP contribution is -2.31. The number of hydrogen-bond acceptors (Lipinski definition) is 2. The average Bonchev–Trinajstić information content (AvgIpc) is 2.19. The van der Waals surface area contributed by atoms with E-state index in [2.05, 4.69) is 0 Å². The number of hydrogen-bond donors (Lipinski definition) is 1. The van der Waals surface area contributed by atoms with E-state index in [-0.39, 0.29) is 0 Å². The van der Waals surface area contributed by atoms with Gasteiger partial charge in [0.1, 0.15) is 5.75 Å². The molecule has 0 aromatic heterocycles. The first-order valence-electron chi connectivity index (χ1n) is 4.27. The third-order valence-corrected chi connectivity index (χ3v) is 1.96. The Morgan fingerprint density at radius 3 is 2.43 bits per heavy atom. The molecular weight excluding hydrogens is 180 g/mol. The largest absolute Gasteiger partial charge is 0.497 e. The second-order valence-corrected chi connectivity index (χ2v) is 3.04. The summed E-state index contributed by atoms with van der Waals surface area (Å²) in [6.07, 6.45) is 0. The van der Waals surface area contributed by atoms with Gasteiger partial charge in [-0.2, -0.15) is 0 Å². The highest BCUT2D eigenvalue weighted by Gasteiger charge is 2.03. The summed E-state index contributed by atoms with van der Waals surface area (Å²) in [5.41, 5.74) is 6.12. The molecule has 0 fully saturated rings. The van der Waals surface area contributed by atoms with Gasteiger partial charge in [-0.3, -0.25) is 0 Å². The van der Waals surface area contributed by atoms with Crippen molar-refractivity contribution in [3.63, 3.8) is 0 Å². The van der Waals surface area contributed by atoms with Gasteiger partial charge in [0, 0.05) is 13.6 Å². The fourth-order valence-corrected chi connectivity index (χ4v) is 1.08. The van der Waals surface area contributed by atoms with Crippen molar-refractivity contribution in [2.24, 2.45) is 5.73 Å². The zero-order chi connectivity index (χ0) is 10.6. The van der Waals surface area contributed by atoms with Gasteiger partial charge in [-0.25, -0.2) is 4.79 Å². The molecule has 1 aromatic rings. The van der Waals surface area contributed by atoms with Crippen molar-refractivity contribution in [2.75, 3.05) is 14.2 Å². The van der Waals surface area contributed by atoms with Gasteiger partial charge in [0.15, 0.2) is 0 Å². The molecule has 0 aliphatic heterocycles. The van der Waals surface area contributed by atoms with E-state index in [4.69, 9.17) is 10.5 Å². The van der Waals surface area contributed by atoms with Crippen LogP contribution in [0.15, 0.2) is 24.3 Å². The quantitative estimate of drug-likeness (QED) is 0.786. The minimum absolute atomic E-state index is 0.430. The summed E-state index contributed by atoms with van der Waals surface area (Å²) in [7, 11) is 3.27. The average molecular weight is 194 g/mol. The smallest absolute Gasteiger partial charge is 0.314 e. The summed E-state index contributed by atoms with van der Waals surface area (Å²) in [6.45, 7) is 0.513. The van der Waals surface area contributed by atoms with Gasteiger partial charge < -0.3 is 15.4 Å². The first-order chi connectivity index (χ1) is 6.63. The van der Waals surface area contributed by atoms with Crippen LogP contribution in [0.3, 0.4) is 0 Å². The minimum atomic E-state index is -0.430. The van der Waals surface area contributed by atoms with Crippen molar-refractivity contribution in [2.45, 2.75) is 6.54 Å². The molecule has 1 rings (SSSR count). The number of methoxy groups -OCH3 is 1. The lowest BCUT2D eigenvalue weighted by atomic mass is 10.2. The summed E-state index contributed by atoms with van der Waals surface area (Å²) < 4.78 is 5.02. The van der Waals surface area contributed by atoms with Crippen LogP contribution in [0.4, 0.5) is 4.79 Å². The predicted molar refractivity (Wildman–Crippen MR) is 54.0 cm³/mol. The highest BCUT2D eigenvalue weighted by atomic mass is 16.5. The van der Waals surface area contributed by atoms with Crippen LogP contribution in [0.2, 0.25) is 0 Å². The van der Waals surface area contributed by atoms with Gasteiger partial charge in [0.2, 0.25) is 0 Å². The maximum Gasteiger partial charge on any atom is 0.314 e. The van der Waals surface area contributed by atoms with E-state index in [1.54, 1.807) is 14.2 Å². The van der Waals surface area contributed by atoms with Crippen molar-refractivity contribution < 1.29 is 9.53 Å². The Labute approximate surface area is 83.3 Å². The lowest BCUT2D eigenvalue weighted by Gasteiger charge is -2.13. The first kappa shape index (κ1) is 10.4. The van der Waals surface area contributed by atoms with E-state index in [0.717, 1.165) is 11.3 Å². The topological polar surface area (TPSA) is 55.6 Å². The number of nitrogens with zero attached hydrogens (tertiary/aromatic N) is 1. The SMILES string of the molecule is COc1ccc(CN(C)C(N)=O)cc1. The summed E-state index contributed by atoms with van der Waals surface area (Å²) in [5, 5.41) is 0. The van der Waals surface area contributed by atoms with Crippen LogP contribution in [0, 0.1) is 0 Å². The van der Waals surface area contributed by atoms with Gasteiger partial charge in [-0.05, 0) is 17.7 Å². The summed E-state index contributed by atoms with van der Waals surface area (Å²) in [5.74, 6) is 0.801. The Bertz CT molecular complexity index is 308. The summed E-state index contributed by atoms with van der Waals surface area (Å²) >= 11 is 0. The Morgan fingerprint density at radius 1 is 1.43 bits per heavy atom. The monoisotopic (exact) mass is 194 g/mol. The van der Waals surface area contributed by atoms with Crippen LogP contribution >= 0.6 is 0 Å². The number of amides is 2. The van der Waals surface area contributed by atoms with Crippen LogP contribution in [0.5, 0.6) is 5.75 Å². The third-order valence-electron chi connectivity index (χ3n) is 1.96. The van der Waals surface area contributed by atoms with Gasteiger partial charge in [0.25, 0.3) is 0 Å². The lowest BCUT2D eigenvalue weighted by molar-refractivity contribution is 0.216. The van der Waals surface area contributed by atoms with Crippen molar-refractivity contribution >= 4 is 6.03 Å². The molecule has 0 saturated heterocycles. The Balaban J connectivity index is 2.64. The van der Waals surface area contributed by atoms with Gasteiger partial charge in [-0.1, -0.05) is 12.1 Å².